The lowest BCUT2D eigenvalue weighted by Crippen LogP contribution is -2.31. The van der Waals surface area contributed by atoms with Crippen molar-refractivity contribution in [3.05, 3.63) is 0 Å². The van der Waals surface area contributed by atoms with Gasteiger partial charge in [0.25, 0.3) is 6.43 Å². The van der Waals surface area contributed by atoms with Crippen LogP contribution >= 0.6 is 15.9 Å². The Kier molecular flexibility index (Phi) is 3.92. The molecule has 11 heavy (non-hydrogen) atoms. The maximum absolute atomic E-state index is 12.1. The first kappa shape index (κ1) is 10.8. The molecular formula is C6H10BrF2NO. The summed E-state index contributed by atoms with van der Waals surface area (Å²) in [5.41, 5.74) is -1.29. The average Bonchev–Trinajstić information content (AvgIpc) is 1.88. The molecule has 0 aliphatic rings. The van der Waals surface area contributed by atoms with E-state index in [9.17, 15) is 8.78 Å². The Hall–Kier alpha value is -0.190. The second kappa shape index (κ2) is 3.99. The lowest BCUT2D eigenvalue weighted by molar-refractivity contribution is 0.199. The van der Waals surface area contributed by atoms with E-state index in [1.165, 1.54) is 0 Å². The van der Waals surface area contributed by atoms with Crippen molar-refractivity contribution < 1.29 is 14.0 Å². The van der Waals surface area contributed by atoms with Crippen molar-refractivity contribution in [1.82, 2.24) is 0 Å². The minimum absolute atomic E-state index is 0.337. The molecule has 0 aliphatic heterocycles. The van der Waals surface area contributed by atoms with Gasteiger partial charge in [0.05, 0.1) is 0 Å². The molecule has 0 aromatic heterocycles. The van der Waals surface area contributed by atoms with Crippen LogP contribution in [-0.4, -0.2) is 22.7 Å². The third kappa shape index (κ3) is 2.73. The minimum atomic E-state index is -2.70. The van der Waals surface area contributed by atoms with E-state index in [1.807, 2.05) is 0 Å². The van der Waals surface area contributed by atoms with Crippen LogP contribution in [0.2, 0.25) is 0 Å². The van der Waals surface area contributed by atoms with Crippen LogP contribution in [0.4, 0.5) is 8.78 Å². The summed E-state index contributed by atoms with van der Waals surface area (Å²) in [7, 11) is 0. The van der Waals surface area contributed by atoms with E-state index < -0.39 is 17.6 Å². The molecule has 0 unspecified atom stereocenters. The first-order valence-electron chi connectivity index (χ1n) is 3.02. The second-order valence-electron chi connectivity index (χ2n) is 2.80. The smallest absolute Gasteiger partial charge is 0.280 e. The van der Waals surface area contributed by atoms with Gasteiger partial charge < -0.3 is 5.21 Å². The monoisotopic (exact) mass is 229 g/mol. The highest BCUT2D eigenvalue weighted by molar-refractivity contribution is 9.09. The molecule has 66 valence electrons. The van der Waals surface area contributed by atoms with Crippen LogP contribution in [0.5, 0.6) is 0 Å². The molecule has 1 N–H and O–H groups in total. The van der Waals surface area contributed by atoms with Gasteiger partial charge in [-0.15, -0.1) is 0 Å². The molecule has 0 saturated carbocycles. The molecule has 0 saturated heterocycles. The van der Waals surface area contributed by atoms with Gasteiger partial charge in [-0.25, -0.2) is 8.78 Å². The third-order valence-corrected chi connectivity index (χ3v) is 2.74. The summed E-state index contributed by atoms with van der Waals surface area (Å²) in [5, 5.41) is 11.2. The number of alkyl halides is 3. The van der Waals surface area contributed by atoms with E-state index in [-0.39, 0.29) is 0 Å². The quantitative estimate of drug-likeness (QED) is 0.343. The van der Waals surface area contributed by atoms with Crippen molar-refractivity contribution in [2.24, 2.45) is 10.6 Å². The molecule has 0 fully saturated rings. The number of hydrogen-bond acceptors (Lipinski definition) is 2. The maximum atomic E-state index is 12.1. The highest BCUT2D eigenvalue weighted by atomic mass is 79.9. The van der Waals surface area contributed by atoms with Crippen LogP contribution in [0.25, 0.3) is 0 Å². The Bertz CT molecular complexity index is 159. The molecule has 5 heteroatoms. The maximum Gasteiger partial charge on any atom is 0.280 e. The van der Waals surface area contributed by atoms with E-state index in [2.05, 4.69) is 21.1 Å². The molecule has 0 spiro atoms. The van der Waals surface area contributed by atoms with E-state index >= 15 is 0 Å². The van der Waals surface area contributed by atoms with Gasteiger partial charge in [-0.2, -0.15) is 0 Å². The normalized spacial score (nSPS) is 14.2. The van der Waals surface area contributed by atoms with Crippen LogP contribution in [0, 0.1) is 5.41 Å². The summed E-state index contributed by atoms with van der Waals surface area (Å²) < 4.78 is 24.1. The molecule has 0 aromatic rings. The minimum Gasteiger partial charge on any atom is -0.411 e. The molecule has 0 amide bonds. The van der Waals surface area contributed by atoms with Crippen molar-refractivity contribution in [1.29, 1.82) is 0 Å². The van der Waals surface area contributed by atoms with Crippen molar-refractivity contribution in [2.45, 2.75) is 20.3 Å². The second-order valence-corrected chi connectivity index (χ2v) is 3.36. The number of rotatable bonds is 3. The number of halogens is 3. The largest absolute Gasteiger partial charge is 0.411 e. The van der Waals surface area contributed by atoms with Gasteiger partial charge >= 0.3 is 0 Å². The predicted molar refractivity (Wildman–Crippen MR) is 42.8 cm³/mol. The zero-order chi connectivity index (χ0) is 9.07. The standard InChI is InChI=1S/C6H10BrF2NO/c1-6(2,3-7)4(10-11)5(8)9/h5,11H,3H2,1-2H3. The van der Waals surface area contributed by atoms with Crippen molar-refractivity contribution >= 4 is 21.6 Å². The van der Waals surface area contributed by atoms with E-state index in [0.29, 0.717) is 5.33 Å². The zero-order valence-electron chi connectivity index (χ0n) is 6.31. The van der Waals surface area contributed by atoms with Gasteiger partial charge in [0, 0.05) is 10.7 Å². The van der Waals surface area contributed by atoms with Crippen LogP contribution in [0.15, 0.2) is 5.16 Å². The van der Waals surface area contributed by atoms with E-state index in [4.69, 9.17) is 5.21 Å². The molecule has 0 rings (SSSR count). The van der Waals surface area contributed by atoms with Crippen molar-refractivity contribution in [3.8, 4) is 0 Å². The fourth-order valence-corrected chi connectivity index (χ4v) is 0.830. The first-order valence-corrected chi connectivity index (χ1v) is 4.14. The molecule has 0 atom stereocenters. The fourth-order valence-electron chi connectivity index (χ4n) is 0.543. The van der Waals surface area contributed by atoms with E-state index in [0.717, 1.165) is 0 Å². The Labute approximate surface area is 72.4 Å². The predicted octanol–water partition coefficient (Wildman–Crippen LogP) is 2.50. The molecular weight excluding hydrogens is 220 g/mol. The summed E-state index contributed by atoms with van der Waals surface area (Å²) in [4.78, 5) is 0. The van der Waals surface area contributed by atoms with Gasteiger partial charge in [-0.05, 0) is 0 Å². The Morgan fingerprint density at radius 2 is 2.09 bits per heavy atom. The van der Waals surface area contributed by atoms with Gasteiger partial charge in [0.1, 0.15) is 5.71 Å². The zero-order valence-corrected chi connectivity index (χ0v) is 7.90. The molecule has 0 aromatic carbocycles. The van der Waals surface area contributed by atoms with Crippen LogP contribution in [0.3, 0.4) is 0 Å². The Balaban J connectivity index is 4.52. The molecule has 2 nitrogen and oxygen atoms in total. The molecule has 0 bridgehead atoms. The van der Waals surface area contributed by atoms with Crippen LogP contribution < -0.4 is 0 Å². The average molecular weight is 230 g/mol. The lowest BCUT2D eigenvalue weighted by atomic mass is 9.90. The van der Waals surface area contributed by atoms with Crippen LogP contribution in [0.1, 0.15) is 13.8 Å². The Morgan fingerprint density at radius 1 is 1.64 bits per heavy atom. The molecule has 0 aliphatic carbocycles. The summed E-state index contributed by atoms with van der Waals surface area (Å²) in [6.07, 6.45) is -2.70. The fraction of sp³-hybridized carbons (Fsp3) is 0.833. The summed E-state index contributed by atoms with van der Waals surface area (Å²) in [6.45, 7) is 3.14. The molecule has 0 heterocycles. The number of nitrogens with zero attached hydrogens (tertiary/aromatic N) is 1. The first-order chi connectivity index (χ1) is 4.95. The third-order valence-electron chi connectivity index (χ3n) is 1.34. The highest BCUT2D eigenvalue weighted by Gasteiger charge is 2.31. The summed E-state index contributed by atoms with van der Waals surface area (Å²) >= 11 is 3.06. The van der Waals surface area contributed by atoms with Gasteiger partial charge in [-0.1, -0.05) is 34.9 Å². The molecule has 0 radical (unpaired) electrons. The van der Waals surface area contributed by atoms with Gasteiger partial charge in [0.2, 0.25) is 0 Å². The number of hydrogen-bond donors (Lipinski definition) is 1. The Morgan fingerprint density at radius 3 is 2.18 bits per heavy atom. The number of oxime groups is 1. The van der Waals surface area contributed by atoms with Crippen LogP contribution in [-0.2, 0) is 0 Å². The van der Waals surface area contributed by atoms with Crippen molar-refractivity contribution in [2.75, 3.05) is 5.33 Å². The van der Waals surface area contributed by atoms with Gasteiger partial charge in [0.15, 0.2) is 0 Å². The van der Waals surface area contributed by atoms with Crippen molar-refractivity contribution in [3.63, 3.8) is 0 Å². The topological polar surface area (TPSA) is 32.6 Å². The summed E-state index contributed by atoms with van der Waals surface area (Å²) in [6, 6.07) is 0. The van der Waals surface area contributed by atoms with Gasteiger partial charge in [-0.3, -0.25) is 0 Å². The lowest BCUT2D eigenvalue weighted by Gasteiger charge is -2.21. The SMILES string of the molecule is CC(C)(CBr)C(=NO)C(F)F. The van der Waals surface area contributed by atoms with E-state index in [1.54, 1.807) is 13.8 Å². The highest BCUT2D eigenvalue weighted by Crippen LogP contribution is 2.24. The summed E-state index contributed by atoms with van der Waals surface area (Å²) in [5.74, 6) is 0.